The van der Waals surface area contributed by atoms with Gasteiger partial charge in [0.05, 0.1) is 46.5 Å². The second-order valence-corrected chi connectivity index (χ2v) is 21.8. The average Bonchev–Trinajstić information content (AvgIpc) is 3.81. The van der Waals surface area contributed by atoms with Gasteiger partial charge in [-0.1, -0.05) is 59.8 Å². The van der Waals surface area contributed by atoms with Gasteiger partial charge in [0.2, 0.25) is 0 Å². The third-order valence-electron chi connectivity index (χ3n) is 15.1. The Balaban J connectivity index is 1.31. The molecule has 2 aromatic carbocycles. The van der Waals surface area contributed by atoms with Crippen LogP contribution >= 0.6 is 0 Å². The van der Waals surface area contributed by atoms with Gasteiger partial charge in [-0.3, -0.25) is 24.5 Å². The largest absolute Gasteiger partial charge is 0.507 e. The zero-order valence-electron chi connectivity index (χ0n) is 43.5. The number of aliphatic hydroxyl groups excluding tert-OH is 2. The zero-order chi connectivity index (χ0) is 52.1. The first-order chi connectivity index (χ1) is 33.3. The smallest absolute Gasteiger partial charge is 0.410 e. The Morgan fingerprint density at radius 3 is 2.17 bits per heavy atom. The predicted octanol–water partition coefficient (Wildman–Crippen LogP) is 4.71. The van der Waals surface area contributed by atoms with Crippen molar-refractivity contribution in [3.8, 4) is 17.2 Å². The van der Waals surface area contributed by atoms with Crippen molar-refractivity contribution in [3.63, 3.8) is 0 Å². The lowest BCUT2D eigenvalue weighted by molar-refractivity contribution is -0.112. The summed E-state index contributed by atoms with van der Waals surface area (Å²) < 4.78 is 24.9. The van der Waals surface area contributed by atoms with E-state index in [1.165, 1.54) is 20.3 Å². The van der Waals surface area contributed by atoms with Gasteiger partial charge in [-0.25, -0.2) is 4.79 Å². The van der Waals surface area contributed by atoms with Crippen LogP contribution in [0.2, 0.25) is 0 Å². The van der Waals surface area contributed by atoms with E-state index >= 15 is 0 Å². The van der Waals surface area contributed by atoms with Gasteiger partial charge in [0.25, 0.3) is 11.7 Å². The fourth-order valence-electron chi connectivity index (χ4n) is 10.8. The summed E-state index contributed by atoms with van der Waals surface area (Å²) in [6, 6.07) is 0. The van der Waals surface area contributed by atoms with Gasteiger partial charge in [0.1, 0.15) is 28.6 Å². The summed E-state index contributed by atoms with van der Waals surface area (Å²) >= 11 is 0. The number of likely N-dealkylation sites (tertiary alicyclic amines) is 1. The molecule has 0 radical (unpaired) electrons. The number of allylic oxidation sites excluding steroid dienone is 2. The maximum absolute atomic E-state index is 14.9. The van der Waals surface area contributed by atoms with E-state index in [0.29, 0.717) is 64.6 Å². The molecular formula is C53H76N6O12. The summed E-state index contributed by atoms with van der Waals surface area (Å²) in [6.45, 7) is 24.0. The van der Waals surface area contributed by atoms with Crippen LogP contribution in [-0.2, 0) is 19.0 Å². The van der Waals surface area contributed by atoms with E-state index in [1.807, 2.05) is 6.92 Å². The molecule has 6 N–H and O–H groups in total. The van der Waals surface area contributed by atoms with Crippen molar-refractivity contribution in [2.75, 3.05) is 64.8 Å². The van der Waals surface area contributed by atoms with E-state index in [9.17, 15) is 39.9 Å². The number of hydrogen-bond acceptors (Lipinski definition) is 16. The molecule has 2 aromatic rings. The number of benzene rings is 2. The molecular weight excluding hydrogens is 913 g/mol. The van der Waals surface area contributed by atoms with E-state index < -0.39 is 88.7 Å². The van der Waals surface area contributed by atoms with Crippen LogP contribution in [0.3, 0.4) is 0 Å². The number of hydrogen-bond donors (Lipinski definition) is 6. The number of ether oxygens (including phenoxy) is 4. The summed E-state index contributed by atoms with van der Waals surface area (Å²) in [5, 5.41) is 61.5. The maximum atomic E-state index is 14.9. The number of piperazine rings is 1. The molecule has 0 aromatic heterocycles. The number of nitrogens with zero attached hydrogens (tertiary/aromatic N) is 5. The molecule has 6 heterocycles. The highest BCUT2D eigenvalue weighted by molar-refractivity contribution is 6.19. The average molecular weight is 989 g/mol. The van der Waals surface area contributed by atoms with Crippen molar-refractivity contribution in [1.29, 1.82) is 0 Å². The lowest BCUT2D eigenvalue weighted by Crippen LogP contribution is -2.53. The number of phenols is 2. The van der Waals surface area contributed by atoms with Crippen LogP contribution in [0.4, 0.5) is 10.5 Å². The van der Waals surface area contributed by atoms with Crippen LogP contribution < -0.4 is 20.8 Å². The molecule has 2 saturated heterocycles. The molecule has 18 heteroatoms. The van der Waals surface area contributed by atoms with Crippen molar-refractivity contribution in [2.24, 2.45) is 39.6 Å². The van der Waals surface area contributed by atoms with Crippen molar-refractivity contribution in [3.05, 3.63) is 58.0 Å². The number of ketones is 1. The summed E-state index contributed by atoms with van der Waals surface area (Å²) in [7, 11) is 1.48. The molecule has 6 aliphatic heterocycles. The lowest BCUT2D eigenvalue weighted by atomic mass is 9.78. The first-order valence-corrected chi connectivity index (χ1v) is 25.1. The molecule has 2 fully saturated rings. The van der Waals surface area contributed by atoms with Crippen molar-refractivity contribution in [1.82, 2.24) is 14.7 Å². The standard InChI is InChI=1S/C53H76N6O12/c1-28(2)26-57-19-17-53(18-20-57)55-39-36-37-44(62)34(8)47-38(36)48(64)52(11,71-47)69-25-16-35(68-12)31(5)46(70-50(66)59-23-21-58(22-24-59)27-51(9,10)67)33(7)43(61)32(6)42(60)29(3)14-13-15-30(4)49(65)54-41(45(37)63)40(39)56-53/h13-16,25,28-29,31-33,35,42-43,46,60-63,67H,17-24,26-27H2,1-12H3,(H,54,65)/b14-13+,25-16+,30-15-/t29-,31+,32+,33+,35-,42-,43+,46+,52-/m0/s1. The number of nitrogens with one attached hydrogen (secondary N) is 1. The molecule has 390 valence electrons. The Morgan fingerprint density at radius 2 is 1.55 bits per heavy atom. The van der Waals surface area contributed by atoms with Crippen LogP contribution in [0.25, 0.3) is 10.8 Å². The minimum atomic E-state index is -1.99. The fourth-order valence-corrected chi connectivity index (χ4v) is 10.8. The molecule has 0 saturated carbocycles. The summed E-state index contributed by atoms with van der Waals surface area (Å²) in [5.41, 5.74) is -1.53. The first-order valence-electron chi connectivity index (χ1n) is 25.1. The Kier molecular flexibility index (Phi) is 15.7. The van der Waals surface area contributed by atoms with Crippen molar-refractivity contribution < 1.29 is 58.9 Å². The van der Waals surface area contributed by atoms with Crippen molar-refractivity contribution in [2.45, 2.75) is 130 Å². The fraction of sp³-hybridized carbons (Fsp3) is 0.642. The molecule has 9 atom stereocenters. The number of phenolic OH excluding ortho intramolecular Hbond substituents is 2. The first kappa shape index (κ1) is 53.7. The monoisotopic (exact) mass is 989 g/mol. The number of fused-ring (bicyclic) bond motifs is 13. The van der Waals surface area contributed by atoms with Gasteiger partial charge in [0.15, 0.2) is 11.4 Å². The third-order valence-corrected chi connectivity index (χ3v) is 15.1. The van der Waals surface area contributed by atoms with Crippen LogP contribution in [0.5, 0.6) is 17.2 Å². The van der Waals surface area contributed by atoms with Gasteiger partial charge < -0.3 is 59.6 Å². The Bertz CT molecular complexity index is 2590. The highest BCUT2D eigenvalue weighted by atomic mass is 16.7. The molecule has 71 heavy (non-hydrogen) atoms. The van der Waals surface area contributed by atoms with E-state index in [-0.39, 0.29) is 55.4 Å². The Hall–Kier alpha value is -5.11. The highest BCUT2D eigenvalue weighted by Crippen LogP contribution is 2.50. The number of Topliss-reactive ketones (excluding diaryl/α,β-unsaturated/α-hetero) is 1. The second kappa shape index (κ2) is 20.8. The third kappa shape index (κ3) is 10.8. The normalized spacial score (nSPS) is 31.6. The minimum Gasteiger partial charge on any atom is -0.507 e. The number of rotatable bonds is 6. The molecule has 0 unspecified atom stereocenters. The van der Waals surface area contributed by atoms with Gasteiger partial charge in [-0.2, -0.15) is 0 Å². The van der Waals surface area contributed by atoms with E-state index in [1.54, 1.807) is 77.7 Å². The molecule has 2 amide bonds. The van der Waals surface area contributed by atoms with Gasteiger partial charge in [-0.15, -0.1) is 0 Å². The number of aromatic hydroxyl groups is 2. The minimum absolute atomic E-state index is 0.0253. The van der Waals surface area contributed by atoms with Crippen LogP contribution in [0.1, 0.15) is 98.0 Å². The van der Waals surface area contributed by atoms with Gasteiger partial charge in [0, 0.05) is 119 Å². The van der Waals surface area contributed by atoms with Crippen LogP contribution in [-0.4, -0.2) is 159 Å². The van der Waals surface area contributed by atoms with E-state index in [4.69, 9.17) is 28.9 Å². The van der Waals surface area contributed by atoms with Crippen LogP contribution in [0, 0.1) is 36.5 Å². The number of piperidine rings is 1. The number of anilines is 1. The summed E-state index contributed by atoms with van der Waals surface area (Å²) in [5.74, 6) is -6.22. The predicted molar refractivity (Wildman–Crippen MR) is 267 cm³/mol. The van der Waals surface area contributed by atoms with Gasteiger partial charge >= 0.3 is 11.9 Å². The molecule has 0 aliphatic carbocycles. The molecule has 8 rings (SSSR count). The summed E-state index contributed by atoms with van der Waals surface area (Å²) in [6.07, 6.45) is 4.19. The SMILES string of the molecule is CO[C@H]1/C=C/O[C@@]2(C)Oc3c(C)c(O)c4c(O)c(c5c(c4c3C2=O)=NC2(CCN(CC(C)C)CC2)N=5)NC(=O)/C(C)=C\C=C\[C@H](C)[C@H](O)[C@@H](C)[C@@H](O)[C@@H](C)[C@H](OC(=O)N2CCN(CC(C)(C)O)CC2)[C@@H]1C. The number of carbonyl (C=O) groups is 3. The number of methoxy groups -OCH3 is 1. The second-order valence-electron chi connectivity index (χ2n) is 21.8. The van der Waals surface area contributed by atoms with E-state index in [2.05, 4.69) is 29.0 Å². The molecule has 18 nitrogen and oxygen atoms in total. The zero-order valence-corrected chi connectivity index (χ0v) is 43.5. The summed E-state index contributed by atoms with van der Waals surface area (Å²) in [4.78, 5) is 59.4. The Morgan fingerprint density at radius 1 is 0.901 bits per heavy atom. The highest BCUT2D eigenvalue weighted by Gasteiger charge is 2.50. The number of aliphatic hydroxyl groups is 3. The molecule has 1 spiro atoms. The quantitative estimate of drug-likeness (QED) is 0.215. The number of carbonyl (C=O) groups excluding carboxylic acids is 3. The van der Waals surface area contributed by atoms with Gasteiger partial charge in [-0.05, 0) is 39.7 Å². The maximum Gasteiger partial charge on any atom is 0.410 e. The Labute approximate surface area is 416 Å². The molecule has 5 bridgehead atoms. The topological polar surface area (TPSA) is 236 Å². The van der Waals surface area contributed by atoms with E-state index in [0.717, 1.165) is 6.54 Å². The van der Waals surface area contributed by atoms with Crippen LogP contribution in [0.15, 0.2) is 46.1 Å². The lowest BCUT2D eigenvalue weighted by Gasteiger charge is -2.40. The van der Waals surface area contributed by atoms with Crippen molar-refractivity contribution >= 4 is 34.2 Å². The number of β-amino-alcohol motifs (C(OH)–C–C–N with tert-alkyl or cyclic N) is 1. The molecule has 6 aliphatic rings. The number of amides is 2.